The molecule has 1 aromatic carbocycles. The lowest BCUT2D eigenvalue weighted by atomic mass is 9.98. The summed E-state index contributed by atoms with van der Waals surface area (Å²) in [5, 5.41) is 6.66. The Labute approximate surface area is 180 Å². The number of amides is 1. The summed E-state index contributed by atoms with van der Waals surface area (Å²) in [7, 11) is 0. The van der Waals surface area contributed by atoms with Crippen LogP contribution in [0.15, 0.2) is 29.3 Å². The lowest BCUT2D eigenvalue weighted by molar-refractivity contribution is -0.121. The summed E-state index contributed by atoms with van der Waals surface area (Å²) in [5.74, 6) is 1.59. The zero-order chi connectivity index (χ0) is 21.0. The van der Waals surface area contributed by atoms with Crippen molar-refractivity contribution < 1.29 is 14.3 Å². The lowest BCUT2D eigenvalue weighted by Crippen LogP contribution is -2.40. The van der Waals surface area contributed by atoms with Gasteiger partial charge in [0.15, 0.2) is 12.6 Å². The van der Waals surface area contributed by atoms with Crippen molar-refractivity contribution >= 4 is 17.6 Å². The quantitative estimate of drug-likeness (QED) is 0.348. The lowest BCUT2D eigenvalue weighted by Gasteiger charge is -2.29. The van der Waals surface area contributed by atoms with Gasteiger partial charge in [0.1, 0.15) is 5.75 Å². The van der Waals surface area contributed by atoms with Gasteiger partial charge < -0.3 is 25.0 Å². The fourth-order valence-corrected chi connectivity index (χ4v) is 3.92. The Morgan fingerprint density at radius 1 is 1.20 bits per heavy atom. The molecule has 0 saturated heterocycles. The number of hydrogen-bond acceptors (Lipinski definition) is 4. The second kappa shape index (κ2) is 12.4. The molecule has 1 aromatic rings. The summed E-state index contributed by atoms with van der Waals surface area (Å²) < 4.78 is 11.5. The Morgan fingerprint density at radius 3 is 2.87 bits per heavy atom. The second-order valence-corrected chi connectivity index (χ2v) is 7.83. The van der Waals surface area contributed by atoms with Crippen LogP contribution < -0.4 is 20.3 Å². The van der Waals surface area contributed by atoms with E-state index in [0.29, 0.717) is 19.2 Å². The molecule has 1 aliphatic heterocycles. The molecule has 2 aliphatic rings. The number of nitrogens with one attached hydrogen (secondary N) is 2. The van der Waals surface area contributed by atoms with Crippen LogP contribution >= 0.6 is 0 Å². The minimum atomic E-state index is 0.000627. The van der Waals surface area contributed by atoms with E-state index in [9.17, 15) is 4.79 Å². The van der Waals surface area contributed by atoms with Gasteiger partial charge in [-0.15, -0.1) is 0 Å². The third-order valence-corrected chi connectivity index (χ3v) is 5.48. The third kappa shape index (κ3) is 6.90. The van der Waals surface area contributed by atoms with E-state index < -0.39 is 0 Å². The normalized spacial score (nSPS) is 17.4. The van der Waals surface area contributed by atoms with E-state index >= 15 is 0 Å². The van der Waals surface area contributed by atoms with Gasteiger partial charge in [-0.1, -0.05) is 31.4 Å². The highest BCUT2D eigenvalue weighted by atomic mass is 16.5. The van der Waals surface area contributed by atoms with Crippen LogP contribution in [-0.2, 0) is 9.53 Å². The zero-order valence-corrected chi connectivity index (χ0v) is 18.2. The summed E-state index contributed by atoms with van der Waals surface area (Å²) in [4.78, 5) is 18.7. The molecule has 1 saturated carbocycles. The summed E-state index contributed by atoms with van der Waals surface area (Å²) in [6.07, 6.45) is 8.64. The van der Waals surface area contributed by atoms with E-state index in [1.807, 2.05) is 24.3 Å². The smallest absolute Gasteiger partial charge is 0.265 e. The highest BCUT2D eigenvalue weighted by Crippen LogP contribution is 2.31. The van der Waals surface area contributed by atoms with Crippen molar-refractivity contribution in [1.82, 2.24) is 10.6 Å². The number of benzene rings is 1. The van der Waals surface area contributed by atoms with Gasteiger partial charge in [-0.2, -0.15) is 0 Å². The predicted octanol–water partition coefficient (Wildman–Crippen LogP) is 3.10. The molecule has 1 fully saturated rings. The van der Waals surface area contributed by atoms with Crippen LogP contribution in [0.5, 0.6) is 5.75 Å². The number of aliphatic imine (C=N–C) groups is 1. The molecule has 1 amide bonds. The number of para-hydroxylation sites is 2. The number of rotatable bonds is 10. The van der Waals surface area contributed by atoms with Gasteiger partial charge in [0.05, 0.1) is 11.8 Å². The van der Waals surface area contributed by atoms with E-state index in [1.165, 1.54) is 32.1 Å². The molecular formula is C23H36N4O3. The predicted molar refractivity (Wildman–Crippen MR) is 120 cm³/mol. The average Bonchev–Trinajstić information content (AvgIpc) is 2.78. The largest absolute Gasteiger partial charge is 0.482 e. The highest BCUT2D eigenvalue weighted by molar-refractivity contribution is 5.97. The number of ether oxygens (including phenoxy) is 2. The summed E-state index contributed by atoms with van der Waals surface area (Å²) in [6.45, 7) is 5.92. The third-order valence-electron chi connectivity index (χ3n) is 5.48. The van der Waals surface area contributed by atoms with Gasteiger partial charge in [-0.25, -0.2) is 0 Å². The molecule has 1 heterocycles. The SMILES string of the molecule is CCNC(=NCCCN1C(=O)COc2ccccc21)NCCCOC1CCCCC1. The molecule has 0 unspecified atom stereocenters. The van der Waals surface area contributed by atoms with E-state index in [1.54, 1.807) is 4.90 Å². The first-order chi connectivity index (χ1) is 14.8. The number of anilines is 1. The van der Waals surface area contributed by atoms with Crippen LogP contribution in [0.3, 0.4) is 0 Å². The van der Waals surface area contributed by atoms with Gasteiger partial charge in [0.25, 0.3) is 5.91 Å². The van der Waals surface area contributed by atoms with Crippen molar-refractivity contribution in [2.45, 2.75) is 58.0 Å². The molecule has 2 N–H and O–H groups in total. The molecule has 1 aliphatic carbocycles. The first-order valence-electron chi connectivity index (χ1n) is 11.4. The maximum atomic E-state index is 12.2. The summed E-state index contributed by atoms with van der Waals surface area (Å²) in [5.41, 5.74) is 0.848. The van der Waals surface area contributed by atoms with Crippen molar-refractivity contribution in [2.24, 2.45) is 4.99 Å². The van der Waals surface area contributed by atoms with E-state index in [4.69, 9.17) is 9.47 Å². The summed E-state index contributed by atoms with van der Waals surface area (Å²) >= 11 is 0. The number of nitrogens with zero attached hydrogens (tertiary/aromatic N) is 2. The molecular weight excluding hydrogens is 380 g/mol. The molecule has 0 radical (unpaired) electrons. The summed E-state index contributed by atoms with van der Waals surface area (Å²) in [6, 6.07) is 7.68. The van der Waals surface area contributed by atoms with Gasteiger partial charge in [0, 0.05) is 32.8 Å². The highest BCUT2D eigenvalue weighted by Gasteiger charge is 2.24. The molecule has 0 aromatic heterocycles. The second-order valence-electron chi connectivity index (χ2n) is 7.83. The average molecular weight is 417 g/mol. The minimum Gasteiger partial charge on any atom is -0.482 e. The first-order valence-corrected chi connectivity index (χ1v) is 11.4. The number of fused-ring (bicyclic) bond motifs is 1. The Bertz CT molecular complexity index is 689. The number of carbonyl (C=O) groups excluding carboxylic acids is 1. The standard InChI is InChI=1S/C23H36N4O3/c1-2-24-23(26-15-9-17-29-19-10-4-3-5-11-19)25-14-8-16-27-20-12-6-7-13-21(20)30-18-22(27)28/h6-7,12-13,19H,2-5,8-11,14-18H2,1H3,(H2,24,25,26). The maximum absolute atomic E-state index is 12.2. The van der Waals surface area contributed by atoms with Crippen molar-refractivity contribution in [3.63, 3.8) is 0 Å². The van der Waals surface area contributed by atoms with Crippen molar-refractivity contribution in [3.8, 4) is 5.75 Å². The van der Waals surface area contributed by atoms with Crippen molar-refractivity contribution in [3.05, 3.63) is 24.3 Å². The first kappa shape index (κ1) is 22.4. The van der Waals surface area contributed by atoms with Crippen LogP contribution in [0.4, 0.5) is 5.69 Å². The monoisotopic (exact) mass is 416 g/mol. The molecule has 30 heavy (non-hydrogen) atoms. The number of guanidine groups is 1. The molecule has 0 bridgehead atoms. The van der Waals surface area contributed by atoms with E-state index in [-0.39, 0.29) is 12.5 Å². The Balaban J connectivity index is 1.36. The fraction of sp³-hybridized carbons (Fsp3) is 0.652. The number of hydrogen-bond donors (Lipinski definition) is 2. The molecule has 0 atom stereocenters. The van der Waals surface area contributed by atoms with Crippen LogP contribution in [0.25, 0.3) is 0 Å². The van der Waals surface area contributed by atoms with Crippen molar-refractivity contribution in [1.29, 1.82) is 0 Å². The topological polar surface area (TPSA) is 75.2 Å². The Kier molecular flexibility index (Phi) is 9.28. The van der Waals surface area contributed by atoms with Crippen molar-refractivity contribution in [2.75, 3.05) is 44.3 Å². The molecule has 3 rings (SSSR count). The van der Waals surface area contributed by atoms with Crippen LogP contribution in [0.1, 0.15) is 51.9 Å². The Morgan fingerprint density at radius 2 is 2.03 bits per heavy atom. The van der Waals surface area contributed by atoms with E-state index in [0.717, 1.165) is 49.9 Å². The molecule has 7 heteroatoms. The fourth-order valence-electron chi connectivity index (χ4n) is 3.92. The Hall–Kier alpha value is -2.28. The van der Waals surface area contributed by atoms with Crippen LogP contribution in [0, 0.1) is 0 Å². The van der Waals surface area contributed by atoms with Crippen LogP contribution in [0.2, 0.25) is 0 Å². The van der Waals surface area contributed by atoms with Gasteiger partial charge >= 0.3 is 0 Å². The molecule has 0 spiro atoms. The maximum Gasteiger partial charge on any atom is 0.265 e. The number of carbonyl (C=O) groups is 1. The van der Waals surface area contributed by atoms with Gasteiger partial charge in [-0.3, -0.25) is 9.79 Å². The molecule has 7 nitrogen and oxygen atoms in total. The van der Waals surface area contributed by atoms with Gasteiger partial charge in [-0.05, 0) is 44.7 Å². The zero-order valence-electron chi connectivity index (χ0n) is 18.2. The van der Waals surface area contributed by atoms with Gasteiger partial charge in [0.2, 0.25) is 0 Å². The molecule has 166 valence electrons. The van der Waals surface area contributed by atoms with Crippen LogP contribution in [-0.4, -0.2) is 57.4 Å². The minimum absolute atomic E-state index is 0.000627. The van der Waals surface area contributed by atoms with E-state index in [2.05, 4.69) is 22.5 Å².